The van der Waals surface area contributed by atoms with E-state index in [1.54, 1.807) is 0 Å². The van der Waals surface area contributed by atoms with E-state index in [1.165, 1.54) is 4.68 Å². The van der Waals surface area contributed by atoms with Crippen LogP contribution < -0.4 is 0 Å². The highest BCUT2D eigenvalue weighted by Crippen LogP contribution is 2.04. The van der Waals surface area contributed by atoms with Crippen LogP contribution in [0.5, 0.6) is 0 Å². The molecule has 0 aliphatic carbocycles. The minimum absolute atomic E-state index is 0.0924. The number of hydrogen-bond donors (Lipinski definition) is 0. The first-order chi connectivity index (χ1) is 8.04. The normalized spacial score (nSPS) is 10.0. The molecule has 1 aromatic heterocycles. The van der Waals surface area contributed by atoms with Crippen LogP contribution in [0.4, 0.5) is 0 Å². The summed E-state index contributed by atoms with van der Waals surface area (Å²) in [4.78, 5) is 22.5. The number of rotatable bonds is 5. The number of hydrogen-bond acceptors (Lipinski definition) is 4. The molecule has 0 saturated heterocycles. The van der Waals surface area contributed by atoms with Crippen LogP contribution in [0.1, 0.15) is 29.0 Å². The number of carbonyl (C=O) groups is 2. The van der Waals surface area contributed by atoms with Gasteiger partial charge in [-0.15, -0.1) is 0 Å². The topological polar surface area (TPSA) is 61.2 Å². The van der Waals surface area contributed by atoms with Gasteiger partial charge in [-0.1, -0.05) is 6.58 Å². The Balaban J connectivity index is 2.38. The summed E-state index contributed by atoms with van der Waals surface area (Å²) in [7, 11) is 0. The van der Waals surface area contributed by atoms with Gasteiger partial charge in [0.1, 0.15) is 0 Å². The minimum atomic E-state index is -0.469. The van der Waals surface area contributed by atoms with Gasteiger partial charge < -0.3 is 4.74 Å². The Hall–Kier alpha value is -1.91. The van der Waals surface area contributed by atoms with E-state index in [-0.39, 0.29) is 12.5 Å². The van der Waals surface area contributed by atoms with Gasteiger partial charge in [0.2, 0.25) is 5.91 Å². The molecule has 92 valence electrons. The first-order valence-electron chi connectivity index (χ1n) is 5.40. The monoisotopic (exact) mass is 236 g/mol. The summed E-state index contributed by atoms with van der Waals surface area (Å²) in [6.07, 6.45) is 1.88. The van der Waals surface area contributed by atoms with Gasteiger partial charge in [0.25, 0.3) is 0 Å². The third-order valence-corrected chi connectivity index (χ3v) is 2.19. The maximum atomic E-state index is 11.7. The zero-order chi connectivity index (χ0) is 12.8. The SMILES string of the molecule is C=CC(=O)OCCCC(=O)n1nc(C)cc1C. The van der Waals surface area contributed by atoms with Crippen LogP contribution in [0.25, 0.3) is 0 Å². The Labute approximate surface area is 100 Å². The van der Waals surface area contributed by atoms with Crippen molar-refractivity contribution in [3.63, 3.8) is 0 Å². The molecular weight excluding hydrogens is 220 g/mol. The summed E-state index contributed by atoms with van der Waals surface area (Å²) in [6, 6.07) is 1.84. The van der Waals surface area contributed by atoms with Gasteiger partial charge in [0.15, 0.2) is 0 Å². The first-order valence-corrected chi connectivity index (χ1v) is 5.40. The van der Waals surface area contributed by atoms with Gasteiger partial charge in [-0.3, -0.25) is 4.79 Å². The van der Waals surface area contributed by atoms with Crippen molar-refractivity contribution in [3.8, 4) is 0 Å². The standard InChI is InChI=1S/C12H16N2O3/c1-4-12(16)17-7-5-6-11(15)14-10(3)8-9(2)13-14/h4,8H,1,5-7H2,2-3H3. The lowest BCUT2D eigenvalue weighted by Gasteiger charge is -2.03. The predicted molar refractivity (Wildman–Crippen MR) is 62.7 cm³/mol. The molecule has 0 spiro atoms. The van der Waals surface area contributed by atoms with E-state index in [9.17, 15) is 9.59 Å². The molecule has 0 unspecified atom stereocenters. The van der Waals surface area contributed by atoms with Crippen molar-refractivity contribution in [1.82, 2.24) is 9.78 Å². The van der Waals surface area contributed by atoms with Crippen molar-refractivity contribution in [2.45, 2.75) is 26.7 Å². The summed E-state index contributed by atoms with van der Waals surface area (Å²) >= 11 is 0. The lowest BCUT2D eigenvalue weighted by molar-refractivity contribution is -0.137. The minimum Gasteiger partial charge on any atom is -0.463 e. The van der Waals surface area contributed by atoms with E-state index < -0.39 is 5.97 Å². The molecule has 0 bridgehead atoms. The molecular formula is C12H16N2O3. The number of esters is 1. The fourth-order valence-electron chi connectivity index (χ4n) is 1.44. The average molecular weight is 236 g/mol. The molecule has 0 radical (unpaired) electrons. The first kappa shape index (κ1) is 13.2. The van der Waals surface area contributed by atoms with Gasteiger partial charge in [-0.2, -0.15) is 5.10 Å². The molecule has 5 heteroatoms. The van der Waals surface area contributed by atoms with E-state index >= 15 is 0 Å². The largest absolute Gasteiger partial charge is 0.463 e. The van der Waals surface area contributed by atoms with Crippen LogP contribution in [0.3, 0.4) is 0 Å². The van der Waals surface area contributed by atoms with Crippen molar-refractivity contribution < 1.29 is 14.3 Å². The fourth-order valence-corrected chi connectivity index (χ4v) is 1.44. The quantitative estimate of drug-likeness (QED) is 0.443. The maximum absolute atomic E-state index is 11.7. The molecule has 0 aromatic carbocycles. The number of aryl methyl sites for hydroxylation is 2. The molecule has 0 saturated carbocycles. The van der Waals surface area contributed by atoms with Crippen molar-refractivity contribution in [3.05, 3.63) is 30.1 Å². The van der Waals surface area contributed by atoms with Crippen molar-refractivity contribution in [2.24, 2.45) is 0 Å². The molecule has 0 aliphatic heterocycles. The molecule has 5 nitrogen and oxygen atoms in total. The summed E-state index contributed by atoms with van der Waals surface area (Å²) in [5, 5.41) is 4.08. The van der Waals surface area contributed by atoms with Gasteiger partial charge in [0, 0.05) is 18.2 Å². The zero-order valence-electron chi connectivity index (χ0n) is 10.1. The highest BCUT2D eigenvalue weighted by molar-refractivity contribution is 5.81. The molecule has 0 atom stereocenters. The number of ether oxygens (including phenoxy) is 1. The second-order valence-corrected chi connectivity index (χ2v) is 3.71. The molecule has 0 N–H and O–H groups in total. The lowest BCUT2D eigenvalue weighted by Crippen LogP contribution is -2.15. The maximum Gasteiger partial charge on any atom is 0.330 e. The van der Waals surface area contributed by atoms with Crippen LogP contribution >= 0.6 is 0 Å². The summed E-state index contributed by atoms with van der Waals surface area (Å²) in [5.74, 6) is -0.561. The number of nitrogens with zero attached hydrogens (tertiary/aromatic N) is 2. The Bertz CT molecular complexity index is 435. The molecule has 0 amide bonds. The molecule has 1 rings (SSSR count). The van der Waals surface area contributed by atoms with Crippen LogP contribution in [0, 0.1) is 13.8 Å². The Morgan fingerprint density at radius 2 is 2.24 bits per heavy atom. The van der Waals surface area contributed by atoms with Crippen LogP contribution in [0.2, 0.25) is 0 Å². The smallest absolute Gasteiger partial charge is 0.330 e. The highest BCUT2D eigenvalue weighted by atomic mass is 16.5. The van der Waals surface area contributed by atoms with Gasteiger partial charge in [-0.25, -0.2) is 9.48 Å². The molecule has 17 heavy (non-hydrogen) atoms. The summed E-state index contributed by atoms with van der Waals surface area (Å²) in [5.41, 5.74) is 1.63. The van der Waals surface area contributed by atoms with Crippen molar-refractivity contribution >= 4 is 11.9 Å². The second-order valence-electron chi connectivity index (χ2n) is 3.71. The van der Waals surface area contributed by atoms with Crippen LogP contribution in [-0.4, -0.2) is 28.3 Å². The average Bonchev–Trinajstić information content (AvgIpc) is 2.63. The summed E-state index contributed by atoms with van der Waals surface area (Å²) < 4.78 is 6.15. The third-order valence-electron chi connectivity index (χ3n) is 2.19. The fraction of sp³-hybridized carbons (Fsp3) is 0.417. The number of carbonyl (C=O) groups excluding carboxylic acids is 2. The third kappa shape index (κ3) is 3.86. The van der Waals surface area contributed by atoms with E-state index in [2.05, 4.69) is 11.7 Å². The zero-order valence-corrected chi connectivity index (χ0v) is 10.1. The van der Waals surface area contributed by atoms with E-state index in [0.29, 0.717) is 12.8 Å². The molecule has 1 heterocycles. The van der Waals surface area contributed by atoms with E-state index in [4.69, 9.17) is 4.74 Å². The van der Waals surface area contributed by atoms with E-state index in [1.807, 2.05) is 19.9 Å². The molecule has 0 aliphatic rings. The van der Waals surface area contributed by atoms with Crippen molar-refractivity contribution in [2.75, 3.05) is 6.61 Å². The van der Waals surface area contributed by atoms with Gasteiger partial charge in [-0.05, 0) is 26.3 Å². The number of aromatic nitrogens is 2. The van der Waals surface area contributed by atoms with Gasteiger partial charge >= 0.3 is 5.97 Å². The van der Waals surface area contributed by atoms with E-state index in [0.717, 1.165) is 17.5 Å². The highest BCUT2D eigenvalue weighted by Gasteiger charge is 2.09. The lowest BCUT2D eigenvalue weighted by atomic mass is 10.3. The van der Waals surface area contributed by atoms with Crippen molar-refractivity contribution in [1.29, 1.82) is 0 Å². The summed E-state index contributed by atoms with van der Waals surface area (Å²) in [6.45, 7) is 7.16. The van der Waals surface area contributed by atoms with Gasteiger partial charge in [0.05, 0.1) is 12.3 Å². The molecule has 1 aromatic rings. The Kier molecular flexibility index (Phi) is 4.63. The Morgan fingerprint density at radius 3 is 2.76 bits per heavy atom. The van der Waals surface area contributed by atoms with Crippen LogP contribution in [-0.2, 0) is 9.53 Å². The van der Waals surface area contributed by atoms with Crippen LogP contribution in [0.15, 0.2) is 18.7 Å². The molecule has 0 fully saturated rings. The second kappa shape index (κ2) is 5.98. The predicted octanol–water partition coefficient (Wildman–Crippen LogP) is 1.65. The Morgan fingerprint density at radius 1 is 1.53 bits per heavy atom.